The molecule has 1 aromatic carbocycles. The lowest BCUT2D eigenvalue weighted by atomic mass is 9.85. The van der Waals surface area contributed by atoms with E-state index < -0.39 is 0 Å². The topological polar surface area (TPSA) is 29.5 Å². The summed E-state index contributed by atoms with van der Waals surface area (Å²) in [5, 5.41) is 9.50. The molecule has 0 radical (unpaired) electrons. The minimum absolute atomic E-state index is 0.00627. The molecule has 2 heteroatoms. The average molecular weight is 379 g/mol. The molecule has 1 aromatic rings. The first-order valence-corrected chi connectivity index (χ1v) is 10.5. The molecular weight excluding hydrogens is 344 g/mol. The van der Waals surface area contributed by atoms with Crippen molar-refractivity contribution in [1.29, 1.82) is 0 Å². The molecule has 1 N–H and O–H groups in total. The van der Waals surface area contributed by atoms with Gasteiger partial charge in [-0.15, -0.1) is 6.42 Å². The first-order chi connectivity index (χ1) is 13.5. The van der Waals surface area contributed by atoms with E-state index in [9.17, 15) is 5.11 Å². The second kappa shape index (κ2) is 11.6. The molecule has 0 fully saturated rings. The van der Waals surface area contributed by atoms with E-state index in [1.807, 2.05) is 25.2 Å². The van der Waals surface area contributed by atoms with Crippen LogP contribution >= 0.6 is 0 Å². The van der Waals surface area contributed by atoms with Gasteiger partial charge in [-0.3, -0.25) is 0 Å². The summed E-state index contributed by atoms with van der Waals surface area (Å²) in [6, 6.07) is 8.44. The summed E-state index contributed by atoms with van der Waals surface area (Å²) in [5.74, 6) is 3.94. The van der Waals surface area contributed by atoms with Crippen LogP contribution < -0.4 is 4.74 Å². The molecule has 0 bridgehead atoms. The minimum Gasteiger partial charge on any atom is -0.486 e. The van der Waals surface area contributed by atoms with Crippen molar-refractivity contribution in [2.75, 3.05) is 0 Å². The smallest absolute Gasteiger partial charge is 0.122 e. The van der Waals surface area contributed by atoms with Crippen molar-refractivity contribution in [3.8, 4) is 18.1 Å². The average Bonchev–Trinajstić information content (AvgIpc) is 2.69. The van der Waals surface area contributed by atoms with E-state index >= 15 is 0 Å². The number of rotatable bonds is 11. The summed E-state index contributed by atoms with van der Waals surface area (Å²) in [4.78, 5) is 0. The SMILES string of the molecule is C#CC1=CC=CC(Oc2ccc(C(CCCC)C(=C)CCCC(C)O)cc2)C1. The van der Waals surface area contributed by atoms with Gasteiger partial charge in [0.25, 0.3) is 0 Å². The van der Waals surface area contributed by atoms with E-state index in [-0.39, 0.29) is 12.2 Å². The van der Waals surface area contributed by atoms with Crippen LogP contribution in [0, 0.1) is 12.3 Å². The third-order valence-electron chi connectivity index (χ3n) is 5.26. The molecule has 0 amide bonds. The molecule has 0 saturated heterocycles. The number of ether oxygens (including phenoxy) is 1. The van der Waals surface area contributed by atoms with Gasteiger partial charge in [-0.05, 0) is 56.4 Å². The first-order valence-electron chi connectivity index (χ1n) is 10.5. The number of terminal acetylenes is 1. The summed E-state index contributed by atoms with van der Waals surface area (Å²) < 4.78 is 6.08. The van der Waals surface area contributed by atoms with Gasteiger partial charge >= 0.3 is 0 Å². The fraction of sp³-hybridized carbons (Fsp3) is 0.462. The number of aliphatic hydroxyl groups is 1. The number of unbranched alkanes of at least 4 members (excludes halogenated alkanes) is 1. The van der Waals surface area contributed by atoms with E-state index in [1.54, 1.807) is 0 Å². The van der Waals surface area contributed by atoms with Crippen molar-refractivity contribution in [2.45, 2.75) is 76.9 Å². The lowest BCUT2D eigenvalue weighted by Gasteiger charge is -2.22. The maximum atomic E-state index is 9.50. The molecule has 1 aliphatic rings. The van der Waals surface area contributed by atoms with Crippen LogP contribution in [0.2, 0.25) is 0 Å². The molecule has 3 unspecified atom stereocenters. The van der Waals surface area contributed by atoms with Gasteiger partial charge in [0.05, 0.1) is 6.10 Å². The van der Waals surface area contributed by atoms with Crippen LogP contribution in [-0.4, -0.2) is 17.3 Å². The molecular formula is C26H34O2. The third kappa shape index (κ3) is 7.06. The number of aliphatic hydroxyl groups excluding tert-OH is 1. The summed E-state index contributed by atoms with van der Waals surface area (Å²) >= 11 is 0. The second-order valence-corrected chi connectivity index (χ2v) is 7.74. The molecule has 2 nitrogen and oxygen atoms in total. The van der Waals surface area contributed by atoms with Gasteiger partial charge < -0.3 is 9.84 Å². The van der Waals surface area contributed by atoms with Crippen LogP contribution in [0.15, 0.2) is 60.2 Å². The van der Waals surface area contributed by atoms with Crippen molar-refractivity contribution in [2.24, 2.45) is 0 Å². The van der Waals surface area contributed by atoms with Gasteiger partial charge in [0.2, 0.25) is 0 Å². The number of benzene rings is 1. The Morgan fingerprint density at radius 2 is 2.04 bits per heavy atom. The maximum Gasteiger partial charge on any atom is 0.122 e. The largest absolute Gasteiger partial charge is 0.486 e. The number of hydrogen-bond donors (Lipinski definition) is 1. The molecule has 0 spiro atoms. The minimum atomic E-state index is -0.239. The van der Waals surface area contributed by atoms with Crippen molar-refractivity contribution in [1.82, 2.24) is 0 Å². The summed E-state index contributed by atoms with van der Waals surface area (Å²) in [7, 11) is 0. The lowest BCUT2D eigenvalue weighted by molar-refractivity contribution is 0.181. The van der Waals surface area contributed by atoms with Crippen LogP contribution in [0.25, 0.3) is 0 Å². The zero-order chi connectivity index (χ0) is 20.4. The molecule has 1 aliphatic carbocycles. The summed E-state index contributed by atoms with van der Waals surface area (Å²) in [6.45, 7) is 8.44. The van der Waals surface area contributed by atoms with Crippen LogP contribution in [0.1, 0.15) is 70.3 Å². The van der Waals surface area contributed by atoms with E-state index in [4.69, 9.17) is 11.2 Å². The highest BCUT2D eigenvalue weighted by atomic mass is 16.5. The van der Waals surface area contributed by atoms with E-state index in [0.29, 0.717) is 5.92 Å². The van der Waals surface area contributed by atoms with Crippen molar-refractivity contribution < 1.29 is 9.84 Å². The fourth-order valence-corrected chi connectivity index (χ4v) is 3.60. The standard InChI is InChI=1S/C26H34O2/c1-5-7-14-26(20(3)10-8-11-21(4)27)23-15-17-24(18-16-23)28-25-13-9-12-22(6-2)19-25/h2,9,12-13,15-18,21,25-27H,3,5,7-8,10-11,14,19H2,1,4H3. The van der Waals surface area contributed by atoms with Crippen molar-refractivity contribution in [3.05, 3.63) is 65.8 Å². The summed E-state index contributed by atoms with van der Waals surface area (Å²) in [6.07, 6.45) is 18.2. The van der Waals surface area contributed by atoms with Crippen LogP contribution in [-0.2, 0) is 0 Å². The Labute approximate surface area is 171 Å². The molecule has 0 heterocycles. The molecule has 3 atom stereocenters. The van der Waals surface area contributed by atoms with Gasteiger partial charge in [0.15, 0.2) is 0 Å². The van der Waals surface area contributed by atoms with Gasteiger partial charge in [0.1, 0.15) is 11.9 Å². The van der Waals surface area contributed by atoms with Crippen molar-refractivity contribution >= 4 is 0 Å². The van der Waals surface area contributed by atoms with Gasteiger partial charge in [-0.25, -0.2) is 0 Å². The Morgan fingerprint density at radius 1 is 1.29 bits per heavy atom. The Morgan fingerprint density at radius 3 is 2.68 bits per heavy atom. The predicted molar refractivity (Wildman–Crippen MR) is 118 cm³/mol. The Bertz CT molecular complexity index is 716. The molecule has 28 heavy (non-hydrogen) atoms. The Kier molecular flexibility index (Phi) is 9.11. The van der Waals surface area contributed by atoms with Crippen molar-refractivity contribution in [3.63, 3.8) is 0 Å². The third-order valence-corrected chi connectivity index (χ3v) is 5.26. The van der Waals surface area contributed by atoms with Gasteiger partial charge in [0, 0.05) is 17.9 Å². The van der Waals surface area contributed by atoms with Gasteiger partial charge in [-0.1, -0.05) is 62.1 Å². The van der Waals surface area contributed by atoms with Gasteiger partial charge in [-0.2, -0.15) is 0 Å². The monoisotopic (exact) mass is 378 g/mol. The lowest BCUT2D eigenvalue weighted by Crippen LogP contribution is -2.16. The zero-order valence-electron chi connectivity index (χ0n) is 17.4. The first kappa shape index (κ1) is 22.1. The van der Waals surface area contributed by atoms with E-state index in [2.05, 4.69) is 43.7 Å². The Balaban J connectivity index is 2.00. The molecule has 0 saturated carbocycles. The van der Waals surface area contributed by atoms with E-state index in [1.165, 1.54) is 24.0 Å². The quantitative estimate of drug-likeness (QED) is 0.360. The maximum absolute atomic E-state index is 9.50. The second-order valence-electron chi connectivity index (χ2n) is 7.74. The predicted octanol–water partition coefficient (Wildman–Crippen LogP) is 6.33. The molecule has 2 rings (SSSR count). The molecule has 0 aliphatic heterocycles. The highest BCUT2D eigenvalue weighted by Gasteiger charge is 2.16. The van der Waals surface area contributed by atoms with Crippen LogP contribution in [0.4, 0.5) is 0 Å². The number of hydrogen-bond acceptors (Lipinski definition) is 2. The molecule has 150 valence electrons. The van der Waals surface area contributed by atoms with Crippen LogP contribution in [0.3, 0.4) is 0 Å². The molecule has 0 aromatic heterocycles. The normalized spacial score (nSPS) is 18.1. The Hall–Kier alpha value is -2.24. The zero-order valence-corrected chi connectivity index (χ0v) is 17.4. The number of allylic oxidation sites excluding steroid dienone is 3. The van der Waals surface area contributed by atoms with Crippen LogP contribution in [0.5, 0.6) is 5.75 Å². The highest BCUT2D eigenvalue weighted by Crippen LogP contribution is 2.33. The summed E-state index contributed by atoms with van der Waals surface area (Å²) in [5.41, 5.74) is 3.53. The highest BCUT2D eigenvalue weighted by molar-refractivity contribution is 5.36. The fourth-order valence-electron chi connectivity index (χ4n) is 3.60. The van der Waals surface area contributed by atoms with E-state index in [0.717, 1.165) is 43.4 Å².